The summed E-state index contributed by atoms with van der Waals surface area (Å²) in [7, 11) is 3.13. The molecule has 2 N–H and O–H groups in total. The predicted molar refractivity (Wildman–Crippen MR) is 91.0 cm³/mol. The number of carboxylic acids is 1. The molecule has 7 nitrogen and oxygen atoms in total. The third kappa shape index (κ3) is 5.63. The minimum absolute atomic E-state index is 0.188. The molecule has 1 aromatic rings. The molecule has 7 heteroatoms. The average Bonchev–Trinajstić information content (AvgIpc) is 2.64. The van der Waals surface area contributed by atoms with Crippen molar-refractivity contribution in [1.29, 1.82) is 0 Å². The second-order valence-corrected chi connectivity index (χ2v) is 6.08. The van der Waals surface area contributed by atoms with Gasteiger partial charge in [-0.1, -0.05) is 0 Å². The Labute approximate surface area is 147 Å². The average molecular weight is 351 g/mol. The van der Waals surface area contributed by atoms with E-state index in [1.807, 2.05) is 12.1 Å². The van der Waals surface area contributed by atoms with Crippen LogP contribution in [0, 0.1) is 5.92 Å². The number of hydrogen-bond donors (Lipinski definition) is 2. The van der Waals surface area contributed by atoms with E-state index in [0.717, 1.165) is 18.4 Å². The number of aliphatic carboxylic acids is 1. The molecule has 2 atom stereocenters. The first kappa shape index (κ1) is 19.1. The number of carboxylic acid groups (broad SMARTS) is 1. The highest BCUT2D eigenvalue weighted by molar-refractivity contribution is 5.83. The van der Waals surface area contributed by atoms with Gasteiger partial charge in [-0.25, -0.2) is 4.79 Å². The van der Waals surface area contributed by atoms with Crippen molar-refractivity contribution in [1.82, 2.24) is 5.32 Å². The highest BCUT2D eigenvalue weighted by Crippen LogP contribution is 2.23. The van der Waals surface area contributed by atoms with Gasteiger partial charge in [0.15, 0.2) is 0 Å². The summed E-state index contributed by atoms with van der Waals surface area (Å²) in [6.07, 6.45) is 2.21. The maximum Gasteiger partial charge on any atom is 0.326 e. The SMILES string of the molecule is COc1cc(CCC(=O)NC(C(=O)O)C2CCCOC2)cc(OC)c1. The molecule has 0 radical (unpaired) electrons. The molecule has 25 heavy (non-hydrogen) atoms. The second kappa shape index (κ2) is 9.27. The summed E-state index contributed by atoms with van der Waals surface area (Å²) in [5, 5.41) is 12.0. The predicted octanol–water partition coefficient (Wildman–Crippen LogP) is 1.63. The summed E-state index contributed by atoms with van der Waals surface area (Å²) in [4.78, 5) is 23.7. The molecule has 1 amide bonds. The van der Waals surface area contributed by atoms with Crippen LogP contribution >= 0.6 is 0 Å². The summed E-state index contributed by atoms with van der Waals surface area (Å²) in [6, 6.07) is 4.51. The van der Waals surface area contributed by atoms with E-state index in [-0.39, 0.29) is 18.2 Å². The standard InChI is InChI=1S/C18H25NO6/c1-23-14-8-12(9-15(10-14)24-2)5-6-16(20)19-17(18(21)22)13-4-3-7-25-11-13/h8-10,13,17H,3-7,11H2,1-2H3,(H,19,20)(H,21,22). The van der Waals surface area contributed by atoms with E-state index in [0.29, 0.717) is 31.1 Å². The Hall–Kier alpha value is -2.28. The van der Waals surface area contributed by atoms with Crippen molar-refractivity contribution < 1.29 is 28.9 Å². The van der Waals surface area contributed by atoms with Gasteiger partial charge in [-0.3, -0.25) is 4.79 Å². The number of carbonyl (C=O) groups excluding carboxylic acids is 1. The lowest BCUT2D eigenvalue weighted by Gasteiger charge is -2.28. The lowest BCUT2D eigenvalue weighted by molar-refractivity contribution is -0.145. The van der Waals surface area contributed by atoms with Crippen molar-refractivity contribution in [2.45, 2.75) is 31.7 Å². The fraction of sp³-hybridized carbons (Fsp3) is 0.556. The molecule has 2 rings (SSSR count). The summed E-state index contributed by atoms with van der Waals surface area (Å²) < 4.78 is 15.7. The van der Waals surface area contributed by atoms with Crippen molar-refractivity contribution in [2.75, 3.05) is 27.4 Å². The number of ether oxygens (including phenoxy) is 3. The molecule has 0 saturated carbocycles. The molecule has 0 spiro atoms. The molecule has 1 heterocycles. The van der Waals surface area contributed by atoms with Gasteiger partial charge in [-0.15, -0.1) is 0 Å². The van der Waals surface area contributed by atoms with E-state index >= 15 is 0 Å². The molecular weight excluding hydrogens is 326 g/mol. The van der Waals surface area contributed by atoms with Crippen molar-refractivity contribution in [3.63, 3.8) is 0 Å². The van der Waals surface area contributed by atoms with E-state index in [1.54, 1.807) is 20.3 Å². The lowest BCUT2D eigenvalue weighted by Crippen LogP contribution is -2.48. The summed E-state index contributed by atoms with van der Waals surface area (Å²) in [6.45, 7) is 1.01. The molecule has 0 bridgehead atoms. The topological polar surface area (TPSA) is 94.1 Å². The monoisotopic (exact) mass is 351 g/mol. The van der Waals surface area contributed by atoms with Gasteiger partial charge in [0.2, 0.25) is 5.91 Å². The number of aryl methyl sites for hydroxylation is 1. The minimum atomic E-state index is -1.02. The molecule has 1 saturated heterocycles. The number of amides is 1. The molecule has 1 fully saturated rings. The first-order valence-electron chi connectivity index (χ1n) is 8.35. The number of hydrogen-bond acceptors (Lipinski definition) is 5. The Morgan fingerprint density at radius 2 is 1.96 bits per heavy atom. The van der Waals surface area contributed by atoms with Crippen LogP contribution in [0.3, 0.4) is 0 Å². The number of rotatable bonds is 8. The second-order valence-electron chi connectivity index (χ2n) is 6.08. The zero-order valence-electron chi connectivity index (χ0n) is 14.6. The van der Waals surface area contributed by atoms with Crippen molar-refractivity contribution in [2.24, 2.45) is 5.92 Å². The van der Waals surface area contributed by atoms with Crippen molar-refractivity contribution >= 4 is 11.9 Å². The van der Waals surface area contributed by atoms with Gasteiger partial charge in [0.1, 0.15) is 17.5 Å². The van der Waals surface area contributed by atoms with Gasteiger partial charge in [0.25, 0.3) is 0 Å². The summed E-state index contributed by atoms with van der Waals surface area (Å²) in [5.74, 6) is -0.200. The first-order chi connectivity index (χ1) is 12.0. The van der Waals surface area contributed by atoms with E-state index in [2.05, 4.69) is 5.32 Å². The fourth-order valence-corrected chi connectivity index (χ4v) is 2.92. The van der Waals surface area contributed by atoms with Crippen LogP contribution < -0.4 is 14.8 Å². The number of nitrogens with one attached hydrogen (secondary N) is 1. The quantitative estimate of drug-likeness (QED) is 0.739. The van der Waals surface area contributed by atoms with Gasteiger partial charge < -0.3 is 24.6 Å². The van der Waals surface area contributed by atoms with Crippen LogP contribution in [0.4, 0.5) is 0 Å². The first-order valence-corrected chi connectivity index (χ1v) is 8.35. The Morgan fingerprint density at radius 1 is 1.28 bits per heavy atom. The van der Waals surface area contributed by atoms with Crippen molar-refractivity contribution in [3.05, 3.63) is 23.8 Å². The van der Waals surface area contributed by atoms with Crippen LogP contribution in [0.25, 0.3) is 0 Å². The zero-order valence-corrected chi connectivity index (χ0v) is 14.6. The van der Waals surface area contributed by atoms with E-state index < -0.39 is 12.0 Å². The fourth-order valence-electron chi connectivity index (χ4n) is 2.92. The van der Waals surface area contributed by atoms with E-state index in [1.165, 1.54) is 0 Å². The van der Waals surface area contributed by atoms with Crippen molar-refractivity contribution in [3.8, 4) is 11.5 Å². The third-order valence-electron chi connectivity index (χ3n) is 4.30. The maximum absolute atomic E-state index is 12.2. The van der Waals surface area contributed by atoms with Crippen LogP contribution in [-0.2, 0) is 20.7 Å². The Bertz CT molecular complexity index is 575. The largest absolute Gasteiger partial charge is 0.497 e. The molecular formula is C18H25NO6. The normalized spacial score (nSPS) is 18.2. The van der Waals surface area contributed by atoms with Crippen LogP contribution in [0.1, 0.15) is 24.8 Å². The number of carbonyl (C=O) groups is 2. The zero-order chi connectivity index (χ0) is 18.2. The van der Waals surface area contributed by atoms with Gasteiger partial charge >= 0.3 is 5.97 Å². The molecule has 0 aliphatic carbocycles. The molecule has 1 aliphatic rings. The van der Waals surface area contributed by atoms with Crippen LogP contribution in [0.2, 0.25) is 0 Å². The van der Waals surface area contributed by atoms with Gasteiger partial charge in [0, 0.05) is 25.0 Å². The highest BCUT2D eigenvalue weighted by Gasteiger charge is 2.31. The number of benzene rings is 1. The van der Waals surface area contributed by atoms with Crippen LogP contribution in [0.15, 0.2) is 18.2 Å². The van der Waals surface area contributed by atoms with Gasteiger partial charge in [0.05, 0.1) is 20.8 Å². The Kier molecular flexibility index (Phi) is 7.06. The molecule has 1 aliphatic heterocycles. The van der Waals surface area contributed by atoms with Crippen LogP contribution in [-0.4, -0.2) is 50.5 Å². The highest BCUT2D eigenvalue weighted by atomic mass is 16.5. The van der Waals surface area contributed by atoms with E-state index in [4.69, 9.17) is 14.2 Å². The van der Waals surface area contributed by atoms with Gasteiger partial charge in [-0.05, 0) is 37.0 Å². The molecule has 2 unspecified atom stereocenters. The Balaban J connectivity index is 1.93. The molecule has 0 aromatic heterocycles. The Morgan fingerprint density at radius 3 is 2.48 bits per heavy atom. The summed E-state index contributed by atoms with van der Waals surface area (Å²) >= 11 is 0. The summed E-state index contributed by atoms with van der Waals surface area (Å²) in [5.41, 5.74) is 0.888. The minimum Gasteiger partial charge on any atom is -0.497 e. The smallest absolute Gasteiger partial charge is 0.326 e. The van der Waals surface area contributed by atoms with Gasteiger partial charge in [-0.2, -0.15) is 0 Å². The molecule has 138 valence electrons. The lowest BCUT2D eigenvalue weighted by atomic mass is 9.93. The number of methoxy groups -OCH3 is 2. The maximum atomic E-state index is 12.2. The van der Waals surface area contributed by atoms with E-state index in [9.17, 15) is 14.7 Å². The molecule has 1 aromatic carbocycles. The third-order valence-corrected chi connectivity index (χ3v) is 4.30. The van der Waals surface area contributed by atoms with Crippen LogP contribution in [0.5, 0.6) is 11.5 Å².